The minimum atomic E-state index is 1.05. The van der Waals surface area contributed by atoms with Gasteiger partial charge in [0.1, 0.15) is 0 Å². The van der Waals surface area contributed by atoms with Crippen molar-refractivity contribution in [2.75, 3.05) is 11.9 Å². The van der Waals surface area contributed by atoms with Crippen molar-refractivity contribution in [1.82, 2.24) is 0 Å². The predicted molar refractivity (Wildman–Crippen MR) is 63.6 cm³/mol. The van der Waals surface area contributed by atoms with Crippen LogP contribution in [-0.4, -0.2) is 6.54 Å². The van der Waals surface area contributed by atoms with Crippen LogP contribution in [0.3, 0.4) is 0 Å². The van der Waals surface area contributed by atoms with Crippen LogP contribution >= 0.6 is 0 Å². The topological polar surface area (TPSA) is 12.0 Å². The Bertz CT molecular complexity index is 251. The highest BCUT2D eigenvalue weighted by atomic mass is 14.9. The molecule has 1 rings (SSSR count). The standard InChI is InChI=1S/C13H19N/c1-2-3-4-5-9-12-14-13-10-7-6-8-11-13/h3-4,6-8,10-11,14H,2,5,9,12H2,1H3/b4-3+. The van der Waals surface area contributed by atoms with E-state index in [1.54, 1.807) is 0 Å². The summed E-state index contributed by atoms with van der Waals surface area (Å²) in [5, 5.41) is 3.39. The van der Waals surface area contributed by atoms with Gasteiger partial charge in [-0.3, -0.25) is 0 Å². The van der Waals surface area contributed by atoms with Crippen molar-refractivity contribution in [1.29, 1.82) is 0 Å². The lowest BCUT2D eigenvalue weighted by atomic mass is 10.2. The van der Waals surface area contributed by atoms with E-state index >= 15 is 0 Å². The zero-order valence-corrected chi connectivity index (χ0v) is 8.87. The fraction of sp³-hybridized carbons (Fsp3) is 0.385. The molecule has 0 atom stereocenters. The monoisotopic (exact) mass is 189 g/mol. The molecular weight excluding hydrogens is 170 g/mol. The van der Waals surface area contributed by atoms with Crippen LogP contribution in [0.5, 0.6) is 0 Å². The van der Waals surface area contributed by atoms with Gasteiger partial charge in [0, 0.05) is 12.2 Å². The number of hydrogen-bond donors (Lipinski definition) is 1. The van der Waals surface area contributed by atoms with Crippen LogP contribution in [0.1, 0.15) is 26.2 Å². The molecular formula is C13H19N. The molecule has 0 radical (unpaired) electrons. The van der Waals surface area contributed by atoms with Crippen LogP contribution < -0.4 is 5.32 Å². The van der Waals surface area contributed by atoms with Gasteiger partial charge in [0.2, 0.25) is 0 Å². The van der Waals surface area contributed by atoms with Gasteiger partial charge < -0.3 is 5.32 Å². The first-order valence-electron chi connectivity index (χ1n) is 5.37. The molecule has 0 fully saturated rings. The molecule has 0 spiro atoms. The summed E-state index contributed by atoms with van der Waals surface area (Å²) in [4.78, 5) is 0. The highest BCUT2D eigenvalue weighted by Gasteiger charge is 1.87. The van der Waals surface area contributed by atoms with E-state index in [0.717, 1.165) is 13.0 Å². The summed E-state index contributed by atoms with van der Waals surface area (Å²) in [6.45, 7) is 3.22. The Morgan fingerprint density at radius 1 is 1.14 bits per heavy atom. The number of rotatable bonds is 6. The Morgan fingerprint density at radius 2 is 1.93 bits per heavy atom. The average molecular weight is 189 g/mol. The lowest BCUT2D eigenvalue weighted by Gasteiger charge is -2.03. The van der Waals surface area contributed by atoms with Gasteiger partial charge in [-0.25, -0.2) is 0 Å². The second-order valence-corrected chi connectivity index (χ2v) is 3.31. The molecule has 0 aliphatic heterocycles. The molecule has 1 nitrogen and oxygen atoms in total. The van der Waals surface area contributed by atoms with Gasteiger partial charge in [-0.15, -0.1) is 0 Å². The number of hydrogen-bond acceptors (Lipinski definition) is 1. The maximum Gasteiger partial charge on any atom is 0.0340 e. The van der Waals surface area contributed by atoms with Crippen molar-refractivity contribution in [3.8, 4) is 0 Å². The van der Waals surface area contributed by atoms with E-state index in [0.29, 0.717) is 0 Å². The smallest absolute Gasteiger partial charge is 0.0340 e. The molecule has 0 unspecified atom stereocenters. The van der Waals surface area contributed by atoms with E-state index in [1.807, 2.05) is 6.07 Å². The summed E-state index contributed by atoms with van der Waals surface area (Å²) < 4.78 is 0. The average Bonchev–Trinajstić information content (AvgIpc) is 2.25. The van der Waals surface area contributed by atoms with Gasteiger partial charge >= 0.3 is 0 Å². The Labute approximate surface area is 86.8 Å². The summed E-state index contributed by atoms with van der Waals surface area (Å²) in [7, 11) is 0. The Balaban J connectivity index is 2.07. The predicted octanol–water partition coefficient (Wildman–Crippen LogP) is 3.84. The summed E-state index contributed by atoms with van der Waals surface area (Å²) in [6, 6.07) is 10.3. The summed E-state index contributed by atoms with van der Waals surface area (Å²) in [5.41, 5.74) is 1.21. The number of allylic oxidation sites excluding steroid dienone is 2. The van der Waals surface area contributed by atoms with Gasteiger partial charge in [0.25, 0.3) is 0 Å². The zero-order chi connectivity index (χ0) is 10.1. The maximum absolute atomic E-state index is 3.39. The van der Waals surface area contributed by atoms with E-state index in [-0.39, 0.29) is 0 Å². The normalized spacial score (nSPS) is 10.6. The van der Waals surface area contributed by atoms with Crippen molar-refractivity contribution in [2.24, 2.45) is 0 Å². The Morgan fingerprint density at radius 3 is 2.64 bits per heavy atom. The van der Waals surface area contributed by atoms with Crippen LogP contribution in [-0.2, 0) is 0 Å². The number of benzene rings is 1. The third-order valence-electron chi connectivity index (χ3n) is 2.05. The summed E-state index contributed by atoms with van der Waals surface area (Å²) >= 11 is 0. The first-order chi connectivity index (χ1) is 6.93. The highest BCUT2D eigenvalue weighted by Crippen LogP contribution is 2.05. The largest absolute Gasteiger partial charge is 0.385 e. The molecule has 1 heteroatoms. The Kier molecular flexibility index (Phi) is 5.57. The molecule has 0 amide bonds. The van der Waals surface area contributed by atoms with Crippen LogP contribution in [0, 0.1) is 0 Å². The third kappa shape index (κ3) is 4.70. The molecule has 76 valence electrons. The highest BCUT2D eigenvalue weighted by molar-refractivity contribution is 5.42. The number of unbranched alkanes of at least 4 members (excludes halogenated alkanes) is 1. The third-order valence-corrected chi connectivity index (χ3v) is 2.05. The summed E-state index contributed by atoms with van der Waals surface area (Å²) in [6.07, 6.45) is 8.00. The molecule has 0 saturated carbocycles. The van der Waals surface area contributed by atoms with Gasteiger partial charge in [0.15, 0.2) is 0 Å². The van der Waals surface area contributed by atoms with Crippen molar-refractivity contribution < 1.29 is 0 Å². The second-order valence-electron chi connectivity index (χ2n) is 3.31. The van der Waals surface area contributed by atoms with Gasteiger partial charge in [-0.05, 0) is 31.4 Å². The van der Waals surface area contributed by atoms with E-state index < -0.39 is 0 Å². The van der Waals surface area contributed by atoms with Crippen molar-refractivity contribution in [3.05, 3.63) is 42.5 Å². The van der Waals surface area contributed by atoms with Crippen molar-refractivity contribution in [2.45, 2.75) is 26.2 Å². The number of nitrogens with one attached hydrogen (secondary N) is 1. The lowest BCUT2D eigenvalue weighted by molar-refractivity contribution is 0.885. The van der Waals surface area contributed by atoms with E-state index in [2.05, 4.69) is 48.7 Å². The molecule has 0 aromatic heterocycles. The van der Waals surface area contributed by atoms with Gasteiger partial charge in [-0.2, -0.15) is 0 Å². The minimum absolute atomic E-state index is 1.05. The molecule has 0 heterocycles. The quantitative estimate of drug-likeness (QED) is 0.529. The van der Waals surface area contributed by atoms with E-state index in [4.69, 9.17) is 0 Å². The Hall–Kier alpha value is -1.24. The van der Waals surface area contributed by atoms with Crippen LogP contribution in [0.4, 0.5) is 5.69 Å². The van der Waals surface area contributed by atoms with Crippen LogP contribution in [0.2, 0.25) is 0 Å². The van der Waals surface area contributed by atoms with Crippen molar-refractivity contribution in [3.63, 3.8) is 0 Å². The fourth-order valence-corrected chi connectivity index (χ4v) is 1.29. The van der Waals surface area contributed by atoms with E-state index in [1.165, 1.54) is 18.5 Å². The number of para-hydroxylation sites is 1. The molecule has 14 heavy (non-hydrogen) atoms. The van der Waals surface area contributed by atoms with E-state index in [9.17, 15) is 0 Å². The first-order valence-corrected chi connectivity index (χ1v) is 5.37. The molecule has 1 N–H and O–H groups in total. The number of anilines is 1. The van der Waals surface area contributed by atoms with Gasteiger partial charge in [-0.1, -0.05) is 37.3 Å². The van der Waals surface area contributed by atoms with Crippen LogP contribution in [0.15, 0.2) is 42.5 Å². The summed E-state index contributed by atoms with van der Waals surface area (Å²) in [5.74, 6) is 0. The molecule has 1 aromatic rings. The molecule has 0 aliphatic rings. The molecule has 0 saturated heterocycles. The van der Waals surface area contributed by atoms with Gasteiger partial charge in [0.05, 0.1) is 0 Å². The molecule has 0 aliphatic carbocycles. The molecule has 0 bridgehead atoms. The second kappa shape index (κ2) is 7.19. The first kappa shape index (κ1) is 10.8. The molecule has 1 aromatic carbocycles. The van der Waals surface area contributed by atoms with Crippen molar-refractivity contribution >= 4 is 5.69 Å². The lowest BCUT2D eigenvalue weighted by Crippen LogP contribution is -2.00. The SMILES string of the molecule is CC/C=C/CCCNc1ccccc1. The maximum atomic E-state index is 3.39. The minimum Gasteiger partial charge on any atom is -0.385 e. The zero-order valence-electron chi connectivity index (χ0n) is 8.87. The fourth-order valence-electron chi connectivity index (χ4n) is 1.29. The van der Waals surface area contributed by atoms with Crippen LogP contribution in [0.25, 0.3) is 0 Å².